The maximum atomic E-state index is 12.4. The number of carbonyl (C=O) groups is 3. The van der Waals surface area contributed by atoms with Crippen molar-refractivity contribution in [3.05, 3.63) is 35.4 Å². The Bertz CT molecular complexity index is 703. The molecule has 2 unspecified atom stereocenters. The van der Waals surface area contributed by atoms with Gasteiger partial charge in [0.1, 0.15) is 6.61 Å². The minimum Gasteiger partial charge on any atom is -0.433 e. The van der Waals surface area contributed by atoms with Crippen LogP contribution >= 0.6 is 0 Å². The Morgan fingerprint density at radius 3 is 2.37 bits per heavy atom. The zero-order valence-corrected chi connectivity index (χ0v) is 15.9. The molecular formula is C20H25NO6. The molecule has 0 spiro atoms. The molecule has 1 saturated heterocycles. The van der Waals surface area contributed by atoms with Crippen LogP contribution in [0.2, 0.25) is 0 Å². The number of ether oxygens (including phenoxy) is 3. The van der Waals surface area contributed by atoms with Gasteiger partial charge in [-0.05, 0) is 30.4 Å². The molecule has 0 aromatic heterocycles. The zero-order chi connectivity index (χ0) is 19.6. The van der Waals surface area contributed by atoms with E-state index in [2.05, 4.69) is 20.8 Å². The number of nitrogens with zero attached hydrogens (tertiary/aromatic N) is 1. The van der Waals surface area contributed by atoms with Crippen LogP contribution in [0.25, 0.3) is 0 Å². The molecule has 0 aliphatic carbocycles. The Hall–Kier alpha value is -2.25. The van der Waals surface area contributed by atoms with Crippen molar-refractivity contribution >= 4 is 17.8 Å². The summed E-state index contributed by atoms with van der Waals surface area (Å²) in [5, 5.41) is 0. The molecule has 1 fully saturated rings. The second kappa shape index (κ2) is 7.78. The topological polar surface area (TPSA) is 82.1 Å². The van der Waals surface area contributed by atoms with Crippen LogP contribution in [0.3, 0.4) is 0 Å². The number of benzene rings is 1. The fourth-order valence-corrected chi connectivity index (χ4v) is 3.10. The highest BCUT2D eigenvalue weighted by atomic mass is 16.8. The third-order valence-electron chi connectivity index (χ3n) is 4.50. The highest BCUT2D eigenvalue weighted by molar-refractivity contribution is 6.21. The van der Waals surface area contributed by atoms with Crippen LogP contribution in [0.4, 0.5) is 0 Å². The first-order valence-corrected chi connectivity index (χ1v) is 9.20. The van der Waals surface area contributed by atoms with E-state index in [1.165, 1.54) is 0 Å². The summed E-state index contributed by atoms with van der Waals surface area (Å²) in [6.07, 6.45) is 0.910. The summed E-state index contributed by atoms with van der Waals surface area (Å²) < 4.78 is 16.1. The molecule has 7 heteroatoms. The normalized spacial score (nSPS) is 22.3. The van der Waals surface area contributed by atoms with Crippen LogP contribution in [-0.4, -0.2) is 42.0 Å². The van der Waals surface area contributed by atoms with Gasteiger partial charge in [0.2, 0.25) is 6.29 Å². The Morgan fingerprint density at radius 1 is 1.15 bits per heavy atom. The van der Waals surface area contributed by atoms with E-state index in [1.807, 2.05) is 0 Å². The predicted molar refractivity (Wildman–Crippen MR) is 95.6 cm³/mol. The SMILES string of the molecule is CC(C)(C)CCCCC(=O)OC1COC(N2C(=O)c3ccccc3C2=O)O1. The average Bonchev–Trinajstić information content (AvgIpc) is 3.14. The molecule has 2 aliphatic rings. The predicted octanol–water partition coefficient (Wildman–Crippen LogP) is 3.09. The van der Waals surface area contributed by atoms with Crippen LogP contribution in [0, 0.1) is 5.41 Å². The maximum Gasteiger partial charge on any atom is 0.308 e. The number of rotatable bonds is 6. The standard InChI is InChI=1S/C20H25NO6/c1-20(2,3)11-7-6-10-15(22)26-16-12-25-19(27-16)21-17(23)13-8-4-5-9-14(13)18(21)24/h4-5,8-9,16,19H,6-7,10-12H2,1-3H3. The summed E-state index contributed by atoms with van der Waals surface area (Å²) in [4.78, 5) is 37.7. The molecule has 2 amide bonds. The Morgan fingerprint density at radius 2 is 1.78 bits per heavy atom. The van der Waals surface area contributed by atoms with Gasteiger partial charge < -0.3 is 9.47 Å². The molecule has 3 rings (SSSR count). The van der Waals surface area contributed by atoms with E-state index in [-0.39, 0.29) is 18.0 Å². The Balaban J connectivity index is 1.48. The van der Waals surface area contributed by atoms with Crippen molar-refractivity contribution in [3.63, 3.8) is 0 Å². The van der Waals surface area contributed by atoms with Crippen molar-refractivity contribution in [1.82, 2.24) is 4.90 Å². The van der Waals surface area contributed by atoms with Crippen molar-refractivity contribution in [2.24, 2.45) is 5.41 Å². The van der Waals surface area contributed by atoms with E-state index >= 15 is 0 Å². The summed E-state index contributed by atoms with van der Waals surface area (Å²) in [7, 11) is 0. The first-order chi connectivity index (χ1) is 12.8. The molecule has 0 radical (unpaired) electrons. The third kappa shape index (κ3) is 4.54. The van der Waals surface area contributed by atoms with Crippen LogP contribution in [-0.2, 0) is 19.0 Å². The number of carbonyl (C=O) groups excluding carboxylic acids is 3. The lowest BCUT2D eigenvalue weighted by molar-refractivity contribution is -0.189. The largest absolute Gasteiger partial charge is 0.433 e. The van der Waals surface area contributed by atoms with Gasteiger partial charge in [-0.3, -0.25) is 19.1 Å². The van der Waals surface area contributed by atoms with E-state index in [4.69, 9.17) is 14.2 Å². The fourth-order valence-electron chi connectivity index (χ4n) is 3.10. The number of amides is 2. The summed E-state index contributed by atoms with van der Waals surface area (Å²) in [5.41, 5.74) is 0.870. The molecule has 146 valence electrons. The number of unbranched alkanes of at least 4 members (excludes halogenated alkanes) is 1. The number of hydrogen-bond donors (Lipinski definition) is 0. The molecule has 0 saturated carbocycles. The maximum absolute atomic E-state index is 12.4. The van der Waals surface area contributed by atoms with E-state index in [9.17, 15) is 14.4 Å². The van der Waals surface area contributed by atoms with Crippen LogP contribution in [0.1, 0.15) is 67.2 Å². The van der Waals surface area contributed by atoms with E-state index in [0.717, 1.165) is 24.2 Å². The molecule has 2 atom stereocenters. The number of esters is 1. The lowest BCUT2D eigenvalue weighted by Gasteiger charge is -2.20. The van der Waals surface area contributed by atoms with Crippen molar-refractivity contribution in [2.45, 2.75) is 59.2 Å². The molecule has 2 heterocycles. The second-order valence-corrected chi connectivity index (χ2v) is 7.99. The lowest BCUT2D eigenvalue weighted by Crippen LogP contribution is -2.41. The molecule has 1 aromatic carbocycles. The van der Waals surface area contributed by atoms with Gasteiger partial charge in [0, 0.05) is 6.42 Å². The Labute approximate surface area is 158 Å². The van der Waals surface area contributed by atoms with Crippen molar-refractivity contribution in [1.29, 1.82) is 0 Å². The molecule has 0 N–H and O–H groups in total. The first kappa shape index (κ1) is 19.5. The lowest BCUT2D eigenvalue weighted by atomic mass is 9.89. The highest BCUT2D eigenvalue weighted by Gasteiger charge is 2.45. The second-order valence-electron chi connectivity index (χ2n) is 7.99. The van der Waals surface area contributed by atoms with E-state index in [0.29, 0.717) is 17.5 Å². The quantitative estimate of drug-likeness (QED) is 0.432. The highest BCUT2D eigenvalue weighted by Crippen LogP contribution is 2.28. The van der Waals surface area contributed by atoms with Crippen LogP contribution in [0.15, 0.2) is 24.3 Å². The summed E-state index contributed by atoms with van der Waals surface area (Å²) >= 11 is 0. The van der Waals surface area contributed by atoms with E-state index < -0.39 is 24.5 Å². The molecule has 2 aliphatic heterocycles. The smallest absolute Gasteiger partial charge is 0.308 e. The fraction of sp³-hybridized carbons (Fsp3) is 0.550. The summed E-state index contributed by atoms with van der Waals surface area (Å²) in [5.74, 6) is -1.33. The first-order valence-electron chi connectivity index (χ1n) is 9.20. The van der Waals surface area contributed by atoms with Gasteiger partial charge in [0.15, 0.2) is 0 Å². The molecule has 7 nitrogen and oxygen atoms in total. The number of fused-ring (bicyclic) bond motifs is 1. The zero-order valence-electron chi connectivity index (χ0n) is 15.9. The van der Waals surface area contributed by atoms with Gasteiger partial charge in [-0.2, -0.15) is 0 Å². The van der Waals surface area contributed by atoms with Gasteiger partial charge in [0.05, 0.1) is 11.1 Å². The van der Waals surface area contributed by atoms with Gasteiger partial charge in [-0.1, -0.05) is 39.3 Å². The molecule has 1 aromatic rings. The van der Waals surface area contributed by atoms with Crippen molar-refractivity contribution < 1.29 is 28.6 Å². The average molecular weight is 375 g/mol. The van der Waals surface area contributed by atoms with Gasteiger partial charge in [-0.25, -0.2) is 4.90 Å². The minimum atomic E-state index is -1.18. The van der Waals surface area contributed by atoms with E-state index in [1.54, 1.807) is 24.3 Å². The summed E-state index contributed by atoms with van der Waals surface area (Å²) in [6.45, 7) is 6.46. The molecular weight excluding hydrogens is 350 g/mol. The van der Waals surface area contributed by atoms with Gasteiger partial charge >= 0.3 is 5.97 Å². The number of hydrogen-bond acceptors (Lipinski definition) is 6. The van der Waals surface area contributed by atoms with Gasteiger partial charge in [0.25, 0.3) is 18.2 Å². The third-order valence-corrected chi connectivity index (χ3v) is 4.50. The molecule has 0 bridgehead atoms. The van der Waals surface area contributed by atoms with Crippen molar-refractivity contribution in [3.8, 4) is 0 Å². The minimum absolute atomic E-state index is 0.0220. The van der Waals surface area contributed by atoms with Gasteiger partial charge in [-0.15, -0.1) is 0 Å². The van der Waals surface area contributed by atoms with Crippen LogP contribution in [0.5, 0.6) is 0 Å². The number of imide groups is 1. The summed E-state index contributed by atoms with van der Waals surface area (Å²) in [6, 6.07) is 6.54. The monoisotopic (exact) mass is 375 g/mol. The van der Waals surface area contributed by atoms with Crippen LogP contribution < -0.4 is 0 Å². The Kier molecular flexibility index (Phi) is 5.62. The molecule has 27 heavy (non-hydrogen) atoms. The van der Waals surface area contributed by atoms with Crippen molar-refractivity contribution in [2.75, 3.05) is 6.61 Å².